The summed E-state index contributed by atoms with van der Waals surface area (Å²) in [7, 11) is 0. The maximum Gasteiger partial charge on any atom is 0.245 e. The molecule has 1 fully saturated rings. The topological polar surface area (TPSA) is 49.4 Å². The van der Waals surface area contributed by atoms with Gasteiger partial charge in [-0.15, -0.1) is 0 Å². The van der Waals surface area contributed by atoms with Gasteiger partial charge in [0, 0.05) is 29.4 Å². The average Bonchev–Trinajstić information content (AvgIpc) is 2.33. The van der Waals surface area contributed by atoms with E-state index in [1.807, 2.05) is 18.7 Å². The summed E-state index contributed by atoms with van der Waals surface area (Å²) in [5.41, 5.74) is 0.573. The molecule has 4 nitrogen and oxygen atoms in total. The van der Waals surface area contributed by atoms with Crippen LogP contribution < -0.4 is 10.2 Å². The zero-order valence-corrected chi connectivity index (χ0v) is 11.1. The molecule has 1 saturated heterocycles. The van der Waals surface area contributed by atoms with Crippen LogP contribution in [-0.4, -0.2) is 30.8 Å². The second-order valence-electron chi connectivity index (χ2n) is 4.79. The first-order chi connectivity index (χ1) is 8.46. The highest BCUT2D eigenvalue weighted by Crippen LogP contribution is 2.30. The summed E-state index contributed by atoms with van der Waals surface area (Å²) >= 11 is 5.88. The van der Waals surface area contributed by atoms with Gasteiger partial charge in [-0.1, -0.05) is 11.6 Å². The summed E-state index contributed by atoms with van der Waals surface area (Å²) in [5.74, 6) is -0.0412. The summed E-state index contributed by atoms with van der Waals surface area (Å²) in [6.45, 7) is 4.92. The monoisotopic (exact) mass is 266 g/mol. The Hall–Kier alpha value is -1.55. The van der Waals surface area contributed by atoms with Crippen LogP contribution >= 0.6 is 11.6 Å². The van der Waals surface area contributed by atoms with Crippen LogP contribution in [0.5, 0.6) is 0 Å². The molecule has 0 unspecified atom stereocenters. The average molecular weight is 267 g/mol. The molecule has 0 atom stereocenters. The van der Waals surface area contributed by atoms with Crippen molar-refractivity contribution in [3.8, 4) is 0 Å². The Bertz CT molecular complexity index is 500. The van der Waals surface area contributed by atoms with Crippen LogP contribution in [0.1, 0.15) is 24.2 Å². The Balaban J connectivity index is 2.47. The molecule has 1 aromatic carbocycles. The number of anilines is 1. The van der Waals surface area contributed by atoms with E-state index in [1.54, 1.807) is 18.2 Å². The van der Waals surface area contributed by atoms with Crippen molar-refractivity contribution < 1.29 is 9.59 Å². The number of nitrogens with one attached hydrogen (secondary N) is 1. The van der Waals surface area contributed by atoms with Crippen LogP contribution in [0.3, 0.4) is 0 Å². The van der Waals surface area contributed by atoms with Gasteiger partial charge in [-0.2, -0.15) is 0 Å². The van der Waals surface area contributed by atoms with E-state index >= 15 is 0 Å². The molecule has 1 aromatic rings. The minimum atomic E-state index is -0.677. The highest BCUT2D eigenvalue weighted by Gasteiger charge is 2.38. The van der Waals surface area contributed by atoms with Crippen LogP contribution in [-0.2, 0) is 4.79 Å². The minimum absolute atomic E-state index is 0.0412. The van der Waals surface area contributed by atoms with Crippen LogP contribution in [0, 0.1) is 0 Å². The first kappa shape index (κ1) is 12.9. The van der Waals surface area contributed by atoms with E-state index in [4.69, 9.17) is 11.6 Å². The van der Waals surface area contributed by atoms with E-state index in [0.717, 1.165) is 12.0 Å². The van der Waals surface area contributed by atoms with Crippen LogP contribution in [0.15, 0.2) is 18.2 Å². The van der Waals surface area contributed by atoms with Gasteiger partial charge in [0.1, 0.15) is 5.54 Å². The van der Waals surface area contributed by atoms with Crippen molar-refractivity contribution in [1.29, 1.82) is 0 Å². The fourth-order valence-electron chi connectivity index (χ4n) is 2.19. The predicted octanol–water partition coefficient (Wildman–Crippen LogP) is 1.87. The quantitative estimate of drug-likeness (QED) is 0.832. The van der Waals surface area contributed by atoms with Gasteiger partial charge in [0.2, 0.25) is 5.91 Å². The Morgan fingerprint density at radius 2 is 2.17 bits per heavy atom. The van der Waals surface area contributed by atoms with Crippen molar-refractivity contribution in [2.24, 2.45) is 0 Å². The summed E-state index contributed by atoms with van der Waals surface area (Å²) < 4.78 is 0. The van der Waals surface area contributed by atoms with Gasteiger partial charge in [-0.3, -0.25) is 9.59 Å². The zero-order valence-electron chi connectivity index (χ0n) is 10.4. The number of rotatable bonds is 2. The van der Waals surface area contributed by atoms with Crippen molar-refractivity contribution in [2.45, 2.75) is 19.4 Å². The largest absolute Gasteiger partial charge is 0.355 e. The number of halogens is 1. The van der Waals surface area contributed by atoms with Gasteiger partial charge >= 0.3 is 0 Å². The molecule has 0 aliphatic carbocycles. The van der Waals surface area contributed by atoms with E-state index < -0.39 is 5.54 Å². The number of carbonyl (C=O) groups is 2. The predicted molar refractivity (Wildman–Crippen MR) is 71.3 cm³/mol. The molecule has 0 spiro atoms. The minimum Gasteiger partial charge on any atom is -0.355 e. The molecule has 1 amide bonds. The molecule has 0 saturated carbocycles. The van der Waals surface area contributed by atoms with Crippen molar-refractivity contribution in [3.05, 3.63) is 28.8 Å². The van der Waals surface area contributed by atoms with E-state index in [1.165, 1.54) is 0 Å². The number of piperazine rings is 1. The number of benzene rings is 1. The number of carbonyl (C=O) groups excluding carboxylic acids is 2. The fourth-order valence-corrected chi connectivity index (χ4v) is 2.37. The summed E-state index contributed by atoms with van der Waals surface area (Å²) in [4.78, 5) is 25.0. The van der Waals surface area contributed by atoms with Crippen molar-refractivity contribution >= 4 is 29.5 Å². The first-order valence-electron chi connectivity index (χ1n) is 5.77. The van der Waals surface area contributed by atoms with Crippen LogP contribution in [0.4, 0.5) is 5.69 Å². The number of nitrogens with zero attached hydrogens (tertiary/aromatic N) is 1. The third kappa shape index (κ3) is 2.08. The molecule has 0 bridgehead atoms. The van der Waals surface area contributed by atoms with Crippen LogP contribution in [0.2, 0.25) is 5.02 Å². The molecular formula is C13H15ClN2O2. The molecule has 1 aliphatic rings. The van der Waals surface area contributed by atoms with Gasteiger partial charge in [0.05, 0.1) is 0 Å². The van der Waals surface area contributed by atoms with E-state index in [9.17, 15) is 9.59 Å². The highest BCUT2D eigenvalue weighted by atomic mass is 35.5. The number of amides is 1. The van der Waals surface area contributed by atoms with Crippen molar-refractivity contribution in [2.75, 3.05) is 18.0 Å². The second kappa shape index (κ2) is 4.61. The molecule has 0 radical (unpaired) electrons. The van der Waals surface area contributed by atoms with Crippen molar-refractivity contribution in [1.82, 2.24) is 5.32 Å². The number of hydrogen-bond acceptors (Lipinski definition) is 3. The SMILES string of the molecule is CC1(C)C(=O)NCCN1c1ccc(Cl)cc1C=O. The third-order valence-corrected chi connectivity index (χ3v) is 3.49. The maximum atomic E-state index is 11.9. The molecule has 5 heteroatoms. The molecule has 1 heterocycles. The summed E-state index contributed by atoms with van der Waals surface area (Å²) in [6.07, 6.45) is 0.768. The van der Waals surface area contributed by atoms with Gasteiger partial charge in [0.25, 0.3) is 0 Å². The molecule has 1 aliphatic heterocycles. The second-order valence-corrected chi connectivity index (χ2v) is 5.22. The number of hydrogen-bond donors (Lipinski definition) is 1. The lowest BCUT2D eigenvalue weighted by molar-refractivity contribution is -0.126. The van der Waals surface area contributed by atoms with E-state index in [0.29, 0.717) is 23.7 Å². The lowest BCUT2D eigenvalue weighted by Gasteiger charge is -2.43. The molecular weight excluding hydrogens is 252 g/mol. The molecule has 2 rings (SSSR count). The van der Waals surface area contributed by atoms with Crippen LogP contribution in [0.25, 0.3) is 0 Å². The van der Waals surface area contributed by atoms with Gasteiger partial charge in [0.15, 0.2) is 6.29 Å². The molecule has 18 heavy (non-hydrogen) atoms. The fraction of sp³-hybridized carbons (Fsp3) is 0.385. The Morgan fingerprint density at radius 1 is 1.44 bits per heavy atom. The molecule has 0 aromatic heterocycles. The summed E-state index contributed by atoms with van der Waals surface area (Å²) in [6, 6.07) is 5.13. The number of aldehydes is 1. The maximum absolute atomic E-state index is 11.9. The Kier molecular flexibility index (Phi) is 3.30. The first-order valence-corrected chi connectivity index (χ1v) is 6.15. The summed E-state index contributed by atoms with van der Waals surface area (Å²) in [5, 5.41) is 3.34. The lowest BCUT2D eigenvalue weighted by Crippen LogP contribution is -2.62. The normalized spacial score (nSPS) is 18.4. The highest BCUT2D eigenvalue weighted by molar-refractivity contribution is 6.31. The van der Waals surface area contributed by atoms with Crippen molar-refractivity contribution in [3.63, 3.8) is 0 Å². The lowest BCUT2D eigenvalue weighted by atomic mass is 9.97. The molecule has 1 N–H and O–H groups in total. The van der Waals surface area contributed by atoms with E-state index in [-0.39, 0.29) is 5.91 Å². The van der Waals surface area contributed by atoms with E-state index in [2.05, 4.69) is 5.32 Å². The Morgan fingerprint density at radius 3 is 2.83 bits per heavy atom. The van der Waals surface area contributed by atoms with Gasteiger partial charge in [-0.25, -0.2) is 0 Å². The Labute approximate surface area is 111 Å². The zero-order chi connectivity index (χ0) is 13.3. The standard InChI is InChI=1S/C13H15ClN2O2/c1-13(2)12(18)15-5-6-16(13)11-4-3-10(14)7-9(11)8-17/h3-4,7-8H,5-6H2,1-2H3,(H,15,18). The smallest absolute Gasteiger partial charge is 0.245 e. The molecule has 96 valence electrons. The third-order valence-electron chi connectivity index (χ3n) is 3.26. The van der Waals surface area contributed by atoms with Gasteiger partial charge in [-0.05, 0) is 32.0 Å². The van der Waals surface area contributed by atoms with Gasteiger partial charge < -0.3 is 10.2 Å².